The predicted octanol–water partition coefficient (Wildman–Crippen LogP) is 2.14. The van der Waals surface area contributed by atoms with Crippen molar-refractivity contribution in [2.75, 3.05) is 19.8 Å². The van der Waals surface area contributed by atoms with Crippen LogP contribution < -0.4 is 5.32 Å². The van der Waals surface area contributed by atoms with Gasteiger partial charge in [0.2, 0.25) is 11.8 Å². The molecule has 1 fully saturated rings. The van der Waals surface area contributed by atoms with Crippen LogP contribution in [-0.4, -0.2) is 59.6 Å². The number of ether oxygens (including phenoxy) is 1. The summed E-state index contributed by atoms with van der Waals surface area (Å²) in [5.74, 6) is -2.43. The summed E-state index contributed by atoms with van der Waals surface area (Å²) in [7, 11) is 0. The van der Waals surface area contributed by atoms with Crippen molar-refractivity contribution in [1.82, 2.24) is 10.2 Å². The molecule has 0 aromatic carbocycles. The van der Waals surface area contributed by atoms with Crippen molar-refractivity contribution < 1.29 is 24.2 Å². The molecule has 2 rings (SSSR count). The number of allylic oxidation sites excluding steroid dienone is 1. The van der Waals surface area contributed by atoms with Gasteiger partial charge in [-0.15, -0.1) is 0 Å². The maximum Gasteiger partial charge on any atom is 0.310 e. The van der Waals surface area contributed by atoms with Crippen LogP contribution in [-0.2, 0) is 19.1 Å². The van der Waals surface area contributed by atoms with Gasteiger partial charge in [-0.3, -0.25) is 14.4 Å². The first-order valence-corrected chi connectivity index (χ1v) is 11.3. The Bertz CT molecular complexity index is 648. The average molecular weight is 423 g/mol. The third-order valence-corrected chi connectivity index (χ3v) is 6.21. The Labute approximate surface area is 180 Å². The summed E-state index contributed by atoms with van der Waals surface area (Å²) in [5, 5.41) is 13.0. The van der Waals surface area contributed by atoms with Crippen LogP contribution >= 0.6 is 0 Å². The van der Waals surface area contributed by atoms with Crippen molar-refractivity contribution >= 4 is 17.8 Å². The number of unbranched alkanes of at least 4 members (excludes halogenated alkanes) is 1. The SMILES string of the molecule is CCCCNC(=O)[C@@H]1[C@H]2C=C[C@@H](C)[C@@H](C(=O)OCC)[C@H]2C(=O)N1[C@@H](CO)CC(C)C. The molecule has 30 heavy (non-hydrogen) atoms. The van der Waals surface area contributed by atoms with Gasteiger partial charge >= 0.3 is 5.97 Å². The molecule has 0 saturated carbocycles. The smallest absolute Gasteiger partial charge is 0.310 e. The molecule has 7 heteroatoms. The fourth-order valence-electron chi connectivity index (χ4n) is 4.85. The molecule has 7 nitrogen and oxygen atoms in total. The third-order valence-electron chi connectivity index (χ3n) is 6.21. The number of amides is 2. The lowest BCUT2D eigenvalue weighted by Gasteiger charge is -2.34. The van der Waals surface area contributed by atoms with E-state index in [0.717, 1.165) is 12.8 Å². The molecule has 0 bridgehead atoms. The highest BCUT2D eigenvalue weighted by Crippen LogP contribution is 2.45. The normalized spacial score (nSPS) is 29.1. The highest BCUT2D eigenvalue weighted by Gasteiger charge is 2.58. The van der Waals surface area contributed by atoms with E-state index in [1.165, 1.54) is 0 Å². The number of nitrogens with zero attached hydrogens (tertiary/aromatic N) is 1. The van der Waals surface area contributed by atoms with Gasteiger partial charge in [-0.25, -0.2) is 0 Å². The summed E-state index contributed by atoms with van der Waals surface area (Å²) < 4.78 is 5.28. The Morgan fingerprint density at radius 2 is 1.97 bits per heavy atom. The van der Waals surface area contributed by atoms with Gasteiger partial charge in [-0.1, -0.05) is 46.3 Å². The molecule has 6 atom stereocenters. The fraction of sp³-hybridized carbons (Fsp3) is 0.783. The number of hydrogen-bond donors (Lipinski definition) is 2. The Morgan fingerprint density at radius 3 is 2.53 bits per heavy atom. The first-order chi connectivity index (χ1) is 14.3. The second-order valence-corrected chi connectivity index (χ2v) is 8.93. The summed E-state index contributed by atoms with van der Waals surface area (Å²) in [4.78, 5) is 41.1. The van der Waals surface area contributed by atoms with E-state index >= 15 is 0 Å². The van der Waals surface area contributed by atoms with Crippen molar-refractivity contribution in [3.05, 3.63) is 12.2 Å². The predicted molar refractivity (Wildman–Crippen MR) is 114 cm³/mol. The van der Waals surface area contributed by atoms with Crippen molar-refractivity contribution in [1.29, 1.82) is 0 Å². The van der Waals surface area contributed by atoms with Crippen LogP contribution in [0.3, 0.4) is 0 Å². The number of esters is 1. The molecular formula is C23H38N2O5. The van der Waals surface area contributed by atoms with E-state index in [2.05, 4.69) is 5.32 Å². The Hall–Kier alpha value is -1.89. The van der Waals surface area contributed by atoms with Crippen LogP contribution in [0.1, 0.15) is 53.9 Å². The van der Waals surface area contributed by atoms with Crippen molar-refractivity contribution in [2.24, 2.45) is 29.6 Å². The van der Waals surface area contributed by atoms with Gasteiger partial charge in [-0.2, -0.15) is 0 Å². The number of hydrogen-bond acceptors (Lipinski definition) is 5. The summed E-state index contributed by atoms with van der Waals surface area (Å²) in [5.41, 5.74) is 0. The van der Waals surface area contributed by atoms with Crippen LogP contribution in [0.5, 0.6) is 0 Å². The monoisotopic (exact) mass is 422 g/mol. The molecule has 0 spiro atoms. The molecule has 1 saturated heterocycles. The zero-order chi connectivity index (χ0) is 22.4. The Balaban J connectivity index is 2.44. The minimum atomic E-state index is -0.726. The highest BCUT2D eigenvalue weighted by molar-refractivity contribution is 5.96. The van der Waals surface area contributed by atoms with Gasteiger partial charge < -0.3 is 20.1 Å². The molecule has 170 valence electrons. The summed E-state index contributed by atoms with van der Waals surface area (Å²) in [6.45, 7) is 10.3. The van der Waals surface area contributed by atoms with Gasteiger partial charge in [0.15, 0.2) is 0 Å². The molecular weight excluding hydrogens is 384 g/mol. The number of carbonyl (C=O) groups excluding carboxylic acids is 3. The number of aliphatic hydroxyl groups excluding tert-OH is 1. The molecule has 2 amide bonds. The lowest BCUT2D eigenvalue weighted by molar-refractivity contribution is -0.156. The maximum absolute atomic E-state index is 13.6. The number of fused-ring (bicyclic) bond motifs is 1. The Morgan fingerprint density at radius 1 is 1.27 bits per heavy atom. The van der Waals surface area contributed by atoms with E-state index in [0.29, 0.717) is 13.0 Å². The number of rotatable bonds is 10. The molecule has 0 aromatic rings. The standard InChI is InChI=1S/C23H38N2O5/c1-6-8-11-24-21(27)20-17-10-9-15(5)18(23(29)30-7-2)19(17)22(28)25(20)16(13-26)12-14(3)4/h9-10,14-20,26H,6-8,11-13H2,1-5H3,(H,24,27)/t15-,16-,17+,18-,19+,20+/m1/s1. The van der Waals surface area contributed by atoms with Gasteiger partial charge in [0.25, 0.3) is 0 Å². The quantitative estimate of drug-likeness (QED) is 0.319. The zero-order valence-corrected chi connectivity index (χ0v) is 19.0. The van der Waals surface area contributed by atoms with Crippen LogP contribution in [0.25, 0.3) is 0 Å². The van der Waals surface area contributed by atoms with Crippen LogP contribution in [0, 0.1) is 29.6 Å². The molecule has 0 aromatic heterocycles. The van der Waals surface area contributed by atoms with E-state index in [4.69, 9.17) is 4.74 Å². The zero-order valence-electron chi connectivity index (χ0n) is 19.0. The molecule has 1 heterocycles. The number of aliphatic hydroxyl groups is 1. The van der Waals surface area contributed by atoms with Crippen LogP contribution in [0.15, 0.2) is 12.2 Å². The maximum atomic E-state index is 13.6. The molecule has 0 unspecified atom stereocenters. The third kappa shape index (κ3) is 5.05. The first-order valence-electron chi connectivity index (χ1n) is 11.3. The minimum absolute atomic E-state index is 0.157. The van der Waals surface area contributed by atoms with Gasteiger partial charge in [-0.05, 0) is 31.6 Å². The number of likely N-dealkylation sites (tertiary alicyclic amines) is 1. The average Bonchev–Trinajstić information content (AvgIpc) is 2.98. The minimum Gasteiger partial charge on any atom is -0.466 e. The summed E-state index contributed by atoms with van der Waals surface area (Å²) in [6.07, 6.45) is 6.23. The Kier molecular flexibility index (Phi) is 8.89. The topological polar surface area (TPSA) is 95.9 Å². The summed E-state index contributed by atoms with van der Waals surface area (Å²) in [6, 6.07) is -1.19. The van der Waals surface area contributed by atoms with Gasteiger partial charge in [0.1, 0.15) is 6.04 Å². The molecule has 2 N–H and O–H groups in total. The summed E-state index contributed by atoms with van der Waals surface area (Å²) >= 11 is 0. The number of nitrogens with one attached hydrogen (secondary N) is 1. The second-order valence-electron chi connectivity index (χ2n) is 8.93. The number of carbonyl (C=O) groups is 3. The molecule has 1 aliphatic carbocycles. The van der Waals surface area contributed by atoms with Crippen molar-refractivity contribution in [3.8, 4) is 0 Å². The molecule has 1 aliphatic heterocycles. The largest absolute Gasteiger partial charge is 0.466 e. The lowest BCUT2D eigenvalue weighted by Crippen LogP contribution is -2.52. The van der Waals surface area contributed by atoms with Crippen molar-refractivity contribution in [2.45, 2.75) is 66.0 Å². The van der Waals surface area contributed by atoms with E-state index < -0.39 is 35.8 Å². The second kappa shape index (κ2) is 10.9. The van der Waals surface area contributed by atoms with Crippen LogP contribution in [0.2, 0.25) is 0 Å². The van der Waals surface area contributed by atoms with Crippen molar-refractivity contribution in [3.63, 3.8) is 0 Å². The molecule has 0 radical (unpaired) electrons. The lowest BCUT2D eigenvalue weighted by atomic mass is 9.70. The molecule has 2 aliphatic rings. The fourth-order valence-corrected chi connectivity index (χ4v) is 4.85. The van der Waals surface area contributed by atoms with E-state index in [-0.39, 0.29) is 36.9 Å². The first kappa shape index (κ1) is 24.4. The van der Waals surface area contributed by atoms with Crippen LogP contribution in [0.4, 0.5) is 0 Å². The van der Waals surface area contributed by atoms with E-state index in [9.17, 15) is 19.5 Å². The van der Waals surface area contributed by atoms with E-state index in [1.54, 1.807) is 11.8 Å². The highest BCUT2D eigenvalue weighted by atomic mass is 16.5. The van der Waals surface area contributed by atoms with E-state index in [1.807, 2.05) is 39.8 Å². The van der Waals surface area contributed by atoms with Gasteiger partial charge in [0.05, 0.1) is 31.1 Å². The van der Waals surface area contributed by atoms with Gasteiger partial charge in [0, 0.05) is 12.5 Å².